The predicted octanol–water partition coefficient (Wildman–Crippen LogP) is 1.93. The lowest BCUT2D eigenvalue weighted by Gasteiger charge is -1.99. The summed E-state index contributed by atoms with van der Waals surface area (Å²) in [7, 11) is 0. The van der Waals surface area contributed by atoms with Crippen LogP contribution in [0, 0.1) is 0 Å². The van der Waals surface area contributed by atoms with Crippen molar-refractivity contribution in [2.24, 2.45) is 0 Å². The second-order valence-electron chi connectivity index (χ2n) is 2.50. The summed E-state index contributed by atoms with van der Waals surface area (Å²) in [5.74, 6) is 0.0258. The average Bonchev–Trinajstić information content (AvgIpc) is 2.09. The van der Waals surface area contributed by atoms with E-state index in [9.17, 15) is 4.79 Å². The summed E-state index contributed by atoms with van der Waals surface area (Å²) < 4.78 is 0. The fourth-order valence-corrected chi connectivity index (χ4v) is 0.992. The minimum absolute atomic E-state index is 0.0258. The number of hydrogen-bond acceptors (Lipinski definition) is 2. The molecule has 1 aromatic rings. The van der Waals surface area contributed by atoms with E-state index in [1.807, 2.05) is 0 Å². The average molecular weight is 162 g/mol. The molecule has 0 aliphatic carbocycles. The summed E-state index contributed by atoms with van der Waals surface area (Å²) in [4.78, 5) is 10.4. The number of allylic oxidation sites excluding steroid dienone is 1. The van der Waals surface area contributed by atoms with Crippen molar-refractivity contribution >= 4 is 6.29 Å². The van der Waals surface area contributed by atoms with E-state index >= 15 is 0 Å². The molecule has 1 rings (SSSR count). The Labute approximate surface area is 71.2 Å². The Balaban J connectivity index is 3.04. The zero-order chi connectivity index (χ0) is 8.97. The maximum Gasteiger partial charge on any atom is 0.153 e. The van der Waals surface area contributed by atoms with Gasteiger partial charge in [0.25, 0.3) is 0 Å². The summed E-state index contributed by atoms with van der Waals surface area (Å²) in [6.07, 6.45) is 3.10. The van der Waals surface area contributed by atoms with Gasteiger partial charge >= 0.3 is 0 Å². The zero-order valence-corrected chi connectivity index (χ0v) is 6.66. The van der Waals surface area contributed by atoms with E-state index < -0.39 is 0 Å². The van der Waals surface area contributed by atoms with Crippen LogP contribution >= 0.6 is 0 Å². The number of hydrogen-bond donors (Lipinski definition) is 1. The van der Waals surface area contributed by atoms with E-state index in [4.69, 9.17) is 5.11 Å². The molecule has 0 atom stereocenters. The first kappa shape index (κ1) is 8.53. The highest BCUT2D eigenvalue weighted by molar-refractivity contribution is 5.79. The molecule has 0 aliphatic rings. The van der Waals surface area contributed by atoms with Crippen molar-refractivity contribution in [1.82, 2.24) is 0 Å². The molecule has 12 heavy (non-hydrogen) atoms. The Morgan fingerprint density at radius 1 is 1.50 bits per heavy atom. The molecule has 0 saturated heterocycles. The molecule has 2 heteroatoms. The normalized spacial score (nSPS) is 9.33. The van der Waals surface area contributed by atoms with E-state index in [-0.39, 0.29) is 5.75 Å². The number of aromatic hydroxyl groups is 1. The van der Waals surface area contributed by atoms with Crippen LogP contribution in [0.25, 0.3) is 0 Å². The van der Waals surface area contributed by atoms with E-state index in [0.717, 1.165) is 5.56 Å². The Morgan fingerprint density at radius 2 is 2.25 bits per heavy atom. The second-order valence-corrected chi connectivity index (χ2v) is 2.50. The Morgan fingerprint density at radius 3 is 2.83 bits per heavy atom. The SMILES string of the molecule is C=CCc1ccc(O)c(C=O)c1. The Bertz CT molecular complexity index is 303. The predicted molar refractivity (Wildman–Crippen MR) is 47.4 cm³/mol. The van der Waals surface area contributed by atoms with Crippen molar-refractivity contribution in [2.45, 2.75) is 6.42 Å². The number of benzene rings is 1. The first-order chi connectivity index (χ1) is 5.77. The van der Waals surface area contributed by atoms with Crippen LogP contribution in [0.3, 0.4) is 0 Å². The molecule has 2 nitrogen and oxygen atoms in total. The zero-order valence-electron chi connectivity index (χ0n) is 6.66. The Kier molecular flexibility index (Phi) is 2.64. The van der Waals surface area contributed by atoms with Crippen LogP contribution in [0.2, 0.25) is 0 Å². The summed E-state index contributed by atoms with van der Waals surface area (Å²) in [5, 5.41) is 9.15. The van der Waals surface area contributed by atoms with Gasteiger partial charge in [0.2, 0.25) is 0 Å². The van der Waals surface area contributed by atoms with Gasteiger partial charge in [-0.25, -0.2) is 0 Å². The van der Waals surface area contributed by atoms with Gasteiger partial charge < -0.3 is 5.11 Å². The number of rotatable bonds is 3. The van der Waals surface area contributed by atoms with Gasteiger partial charge in [0.15, 0.2) is 6.29 Å². The Hall–Kier alpha value is -1.57. The van der Waals surface area contributed by atoms with Gasteiger partial charge in [0, 0.05) is 0 Å². The van der Waals surface area contributed by atoms with E-state index in [2.05, 4.69) is 6.58 Å². The topological polar surface area (TPSA) is 37.3 Å². The van der Waals surface area contributed by atoms with Crippen molar-refractivity contribution in [3.05, 3.63) is 42.0 Å². The van der Waals surface area contributed by atoms with Crippen LogP contribution in [0.5, 0.6) is 5.75 Å². The molecule has 0 amide bonds. The lowest BCUT2D eigenvalue weighted by Crippen LogP contribution is -1.85. The molecule has 0 saturated carbocycles. The summed E-state index contributed by atoms with van der Waals surface area (Å²) in [6.45, 7) is 3.58. The summed E-state index contributed by atoms with van der Waals surface area (Å²) >= 11 is 0. The fourth-order valence-electron chi connectivity index (χ4n) is 0.992. The number of phenolic OH excluding ortho intramolecular Hbond substituents is 1. The summed E-state index contributed by atoms with van der Waals surface area (Å²) in [5.41, 5.74) is 1.30. The smallest absolute Gasteiger partial charge is 0.153 e. The van der Waals surface area contributed by atoms with Gasteiger partial charge in [0.1, 0.15) is 5.75 Å². The molecule has 0 unspecified atom stereocenters. The van der Waals surface area contributed by atoms with Crippen molar-refractivity contribution < 1.29 is 9.90 Å². The van der Waals surface area contributed by atoms with Crippen molar-refractivity contribution in [3.8, 4) is 5.75 Å². The van der Waals surface area contributed by atoms with Gasteiger partial charge in [-0.15, -0.1) is 6.58 Å². The minimum atomic E-state index is 0.0258. The number of carbonyl (C=O) groups is 1. The highest BCUT2D eigenvalue weighted by atomic mass is 16.3. The molecular weight excluding hydrogens is 152 g/mol. The molecule has 0 aliphatic heterocycles. The van der Waals surface area contributed by atoms with Gasteiger partial charge in [0.05, 0.1) is 5.56 Å². The van der Waals surface area contributed by atoms with Gasteiger partial charge in [-0.1, -0.05) is 12.1 Å². The van der Waals surface area contributed by atoms with Crippen molar-refractivity contribution in [2.75, 3.05) is 0 Å². The van der Waals surface area contributed by atoms with Gasteiger partial charge in [-0.05, 0) is 24.1 Å². The molecule has 0 radical (unpaired) electrons. The van der Waals surface area contributed by atoms with Crippen molar-refractivity contribution in [3.63, 3.8) is 0 Å². The van der Waals surface area contributed by atoms with Gasteiger partial charge in [-0.3, -0.25) is 4.79 Å². The van der Waals surface area contributed by atoms with Crippen LogP contribution in [-0.2, 0) is 6.42 Å². The molecule has 0 spiro atoms. The maximum absolute atomic E-state index is 10.4. The van der Waals surface area contributed by atoms with Crippen LogP contribution in [0.4, 0.5) is 0 Å². The van der Waals surface area contributed by atoms with Crippen LogP contribution in [-0.4, -0.2) is 11.4 Å². The summed E-state index contributed by atoms with van der Waals surface area (Å²) in [6, 6.07) is 4.94. The molecule has 0 heterocycles. The monoisotopic (exact) mass is 162 g/mol. The molecule has 0 bridgehead atoms. The fraction of sp³-hybridized carbons (Fsp3) is 0.100. The minimum Gasteiger partial charge on any atom is -0.507 e. The number of aldehydes is 1. The largest absolute Gasteiger partial charge is 0.507 e. The molecule has 62 valence electrons. The molecule has 0 fully saturated rings. The first-order valence-corrected chi connectivity index (χ1v) is 3.66. The molecular formula is C10H10O2. The lowest BCUT2D eigenvalue weighted by molar-refractivity contribution is 0.112. The van der Waals surface area contributed by atoms with Crippen molar-refractivity contribution in [1.29, 1.82) is 0 Å². The maximum atomic E-state index is 10.4. The third-order valence-electron chi connectivity index (χ3n) is 1.60. The highest BCUT2D eigenvalue weighted by Gasteiger charge is 1.99. The van der Waals surface area contributed by atoms with Crippen LogP contribution in [0.15, 0.2) is 30.9 Å². The highest BCUT2D eigenvalue weighted by Crippen LogP contribution is 2.16. The molecule has 0 aromatic heterocycles. The third kappa shape index (κ3) is 1.72. The van der Waals surface area contributed by atoms with E-state index in [1.54, 1.807) is 18.2 Å². The standard InChI is InChI=1S/C10H10O2/c1-2-3-8-4-5-10(12)9(6-8)7-11/h2,4-7,12H,1,3H2. The van der Waals surface area contributed by atoms with Crippen LogP contribution < -0.4 is 0 Å². The number of carbonyl (C=O) groups excluding carboxylic acids is 1. The van der Waals surface area contributed by atoms with E-state index in [1.165, 1.54) is 6.07 Å². The molecule has 1 N–H and O–H groups in total. The van der Waals surface area contributed by atoms with Gasteiger partial charge in [-0.2, -0.15) is 0 Å². The van der Waals surface area contributed by atoms with E-state index in [0.29, 0.717) is 18.3 Å². The van der Waals surface area contributed by atoms with Crippen LogP contribution in [0.1, 0.15) is 15.9 Å². The third-order valence-corrected chi connectivity index (χ3v) is 1.60. The number of phenols is 1. The quantitative estimate of drug-likeness (QED) is 0.544. The first-order valence-electron chi connectivity index (χ1n) is 3.66. The second kappa shape index (κ2) is 3.72. The molecule has 1 aromatic carbocycles. The lowest BCUT2D eigenvalue weighted by atomic mass is 10.1.